The maximum Gasteiger partial charge on any atom is 0.315 e. The van der Waals surface area contributed by atoms with E-state index in [-0.39, 0.29) is 12.1 Å². The van der Waals surface area contributed by atoms with Gasteiger partial charge >= 0.3 is 6.03 Å². The molecule has 1 aromatic rings. The lowest BCUT2D eigenvalue weighted by Crippen LogP contribution is -2.48. The van der Waals surface area contributed by atoms with E-state index < -0.39 is 0 Å². The molecule has 4 heteroatoms. The van der Waals surface area contributed by atoms with Gasteiger partial charge in [-0.1, -0.05) is 44.2 Å². The molecule has 4 nitrogen and oxygen atoms in total. The molecule has 0 spiro atoms. The van der Waals surface area contributed by atoms with Crippen molar-refractivity contribution in [3.63, 3.8) is 0 Å². The number of benzene rings is 1. The highest BCUT2D eigenvalue weighted by atomic mass is 16.2. The minimum absolute atomic E-state index is 0.107. The first-order valence-corrected chi connectivity index (χ1v) is 6.72. The largest absolute Gasteiger partial charge is 0.334 e. The fourth-order valence-electron chi connectivity index (χ4n) is 1.81. The third-order valence-electron chi connectivity index (χ3n) is 2.98. The summed E-state index contributed by atoms with van der Waals surface area (Å²) < 4.78 is 0. The number of hydrogen-bond acceptors (Lipinski definition) is 2. The van der Waals surface area contributed by atoms with Crippen molar-refractivity contribution < 1.29 is 4.79 Å². The van der Waals surface area contributed by atoms with Gasteiger partial charge in [-0.2, -0.15) is 0 Å². The Kier molecular flexibility index (Phi) is 6.36. The fourth-order valence-corrected chi connectivity index (χ4v) is 1.81. The lowest BCUT2D eigenvalue weighted by molar-refractivity contribution is 0.224. The molecule has 2 N–H and O–H groups in total. The summed E-state index contributed by atoms with van der Waals surface area (Å²) in [5, 5.41) is 5.92. The summed E-state index contributed by atoms with van der Waals surface area (Å²) in [6, 6.07) is 9.96. The molecule has 106 valence electrons. The van der Waals surface area contributed by atoms with E-state index in [0.717, 1.165) is 12.1 Å². The van der Waals surface area contributed by atoms with Gasteiger partial charge in [0.05, 0.1) is 0 Å². The quantitative estimate of drug-likeness (QED) is 0.825. The predicted molar refractivity (Wildman–Crippen MR) is 79.0 cm³/mol. The maximum absolute atomic E-state index is 11.9. The van der Waals surface area contributed by atoms with Crippen LogP contribution in [-0.4, -0.2) is 37.6 Å². The van der Waals surface area contributed by atoms with Gasteiger partial charge in [0.1, 0.15) is 0 Å². The molecule has 0 heterocycles. The number of hydrogen-bond donors (Lipinski definition) is 2. The van der Waals surface area contributed by atoms with Crippen LogP contribution in [0.2, 0.25) is 0 Å². The monoisotopic (exact) mass is 263 g/mol. The van der Waals surface area contributed by atoms with E-state index in [1.54, 1.807) is 0 Å². The van der Waals surface area contributed by atoms with E-state index >= 15 is 0 Å². The summed E-state index contributed by atoms with van der Waals surface area (Å²) in [4.78, 5) is 14.0. The zero-order valence-electron chi connectivity index (χ0n) is 12.3. The molecule has 0 aliphatic rings. The zero-order chi connectivity index (χ0) is 14.3. The molecular weight excluding hydrogens is 238 g/mol. The van der Waals surface area contributed by atoms with Gasteiger partial charge in [-0.15, -0.1) is 0 Å². The Morgan fingerprint density at radius 1 is 1.21 bits per heavy atom. The van der Waals surface area contributed by atoms with Gasteiger partial charge in [0, 0.05) is 19.1 Å². The minimum Gasteiger partial charge on any atom is -0.334 e. The molecule has 0 aliphatic carbocycles. The second kappa shape index (κ2) is 7.79. The molecule has 2 amide bonds. The molecule has 1 rings (SSSR count). The molecule has 0 radical (unpaired) electrons. The van der Waals surface area contributed by atoms with Crippen molar-refractivity contribution in [3.8, 4) is 0 Å². The van der Waals surface area contributed by atoms with Crippen LogP contribution in [0.15, 0.2) is 30.3 Å². The number of urea groups is 1. The summed E-state index contributed by atoms with van der Waals surface area (Å²) in [7, 11) is 4.03. The first-order valence-electron chi connectivity index (χ1n) is 6.72. The zero-order valence-corrected chi connectivity index (χ0v) is 12.3. The number of amides is 2. The predicted octanol–water partition coefficient (Wildman–Crippen LogP) is 2.07. The molecule has 0 fully saturated rings. The van der Waals surface area contributed by atoms with Crippen LogP contribution in [0, 0.1) is 5.92 Å². The van der Waals surface area contributed by atoms with E-state index in [9.17, 15) is 4.79 Å². The van der Waals surface area contributed by atoms with Crippen molar-refractivity contribution in [1.82, 2.24) is 15.5 Å². The Morgan fingerprint density at radius 3 is 2.37 bits per heavy atom. The van der Waals surface area contributed by atoms with Crippen molar-refractivity contribution in [3.05, 3.63) is 35.9 Å². The normalized spacial score (nSPS) is 12.5. The summed E-state index contributed by atoms with van der Waals surface area (Å²) in [6.07, 6.45) is 0. The van der Waals surface area contributed by atoms with E-state index in [2.05, 4.69) is 29.4 Å². The maximum atomic E-state index is 11.9. The van der Waals surface area contributed by atoms with E-state index in [0.29, 0.717) is 12.5 Å². The number of carbonyl (C=O) groups excluding carboxylic acids is 1. The van der Waals surface area contributed by atoms with Crippen LogP contribution < -0.4 is 10.6 Å². The van der Waals surface area contributed by atoms with Crippen molar-refractivity contribution >= 4 is 6.03 Å². The van der Waals surface area contributed by atoms with E-state index in [1.165, 1.54) is 0 Å². The second-order valence-electron chi connectivity index (χ2n) is 5.43. The highest BCUT2D eigenvalue weighted by molar-refractivity contribution is 5.74. The van der Waals surface area contributed by atoms with Crippen molar-refractivity contribution in [2.75, 3.05) is 20.6 Å². The molecule has 19 heavy (non-hydrogen) atoms. The Bertz CT molecular complexity index is 376. The molecule has 0 aromatic heterocycles. The van der Waals surface area contributed by atoms with Crippen molar-refractivity contribution in [2.24, 2.45) is 5.92 Å². The van der Waals surface area contributed by atoms with Crippen LogP contribution in [0.1, 0.15) is 19.4 Å². The molecule has 0 saturated carbocycles. The molecule has 0 aliphatic heterocycles. The van der Waals surface area contributed by atoms with Gasteiger partial charge < -0.3 is 15.5 Å². The lowest BCUT2D eigenvalue weighted by atomic mass is 10.0. The SMILES string of the molecule is CC(C)C(CN(C)C)NC(=O)NCc1ccccc1. The first-order chi connectivity index (χ1) is 8.99. The minimum atomic E-state index is -0.107. The average molecular weight is 263 g/mol. The summed E-state index contributed by atoms with van der Waals surface area (Å²) in [6.45, 7) is 5.63. The highest BCUT2D eigenvalue weighted by Gasteiger charge is 2.16. The molecule has 0 bridgehead atoms. The van der Waals surface area contributed by atoms with Gasteiger partial charge in [-0.25, -0.2) is 4.79 Å². The van der Waals surface area contributed by atoms with Crippen LogP contribution in [-0.2, 0) is 6.54 Å². The number of carbonyl (C=O) groups is 1. The van der Waals surface area contributed by atoms with Gasteiger partial charge in [0.2, 0.25) is 0 Å². The Balaban J connectivity index is 2.40. The smallest absolute Gasteiger partial charge is 0.315 e. The van der Waals surface area contributed by atoms with Crippen molar-refractivity contribution in [1.29, 1.82) is 0 Å². The number of likely N-dealkylation sites (N-methyl/N-ethyl adjacent to an activating group) is 1. The lowest BCUT2D eigenvalue weighted by Gasteiger charge is -2.25. The van der Waals surface area contributed by atoms with Crippen LogP contribution in [0.5, 0.6) is 0 Å². The second-order valence-corrected chi connectivity index (χ2v) is 5.43. The summed E-state index contributed by atoms with van der Waals surface area (Å²) >= 11 is 0. The van der Waals surface area contributed by atoms with Crippen molar-refractivity contribution in [2.45, 2.75) is 26.4 Å². The van der Waals surface area contributed by atoms with Crippen LogP contribution in [0.4, 0.5) is 4.79 Å². The molecule has 1 unspecified atom stereocenters. The van der Waals surface area contributed by atoms with Crippen LogP contribution in [0.3, 0.4) is 0 Å². The van der Waals surface area contributed by atoms with E-state index in [4.69, 9.17) is 0 Å². The number of nitrogens with one attached hydrogen (secondary N) is 2. The van der Waals surface area contributed by atoms with Gasteiger partial charge in [-0.05, 0) is 25.6 Å². The molecular formula is C15H25N3O. The molecule has 0 saturated heterocycles. The standard InChI is InChI=1S/C15H25N3O/c1-12(2)14(11-18(3)4)17-15(19)16-10-13-8-6-5-7-9-13/h5-9,12,14H,10-11H2,1-4H3,(H2,16,17,19). The van der Waals surface area contributed by atoms with E-state index in [1.807, 2.05) is 44.4 Å². The summed E-state index contributed by atoms with van der Waals surface area (Å²) in [5.74, 6) is 0.407. The molecule has 1 atom stereocenters. The third kappa shape index (κ3) is 6.25. The Hall–Kier alpha value is -1.55. The summed E-state index contributed by atoms with van der Waals surface area (Å²) in [5.41, 5.74) is 1.10. The van der Waals surface area contributed by atoms with Crippen LogP contribution >= 0.6 is 0 Å². The highest BCUT2D eigenvalue weighted by Crippen LogP contribution is 2.03. The topological polar surface area (TPSA) is 44.4 Å². The average Bonchev–Trinajstić information content (AvgIpc) is 2.36. The molecule has 1 aromatic carbocycles. The van der Waals surface area contributed by atoms with Crippen LogP contribution in [0.25, 0.3) is 0 Å². The Morgan fingerprint density at radius 2 is 1.84 bits per heavy atom. The van der Waals surface area contributed by atoms with Gasteiger partial charge in [0.25, 0.3) is 0 Å². The Labute approximate surface area is 116 Å². The van der Waals surface area contributed by atoms with Gasteiger partial charge in [-0.3, -0.25) is 0 Å². The fraction of sp³-hybridized carbons (Fsp3) is 0.533. The third-order valence-corrected chi connectivity index (χ3v) is 2.98. The number of nitrogens with zero attached hydrogens (tertiary/aromatic N) is 1. The number of rotatable bonds is 6. The first kappa shape index (κ1) is 15.5. The van der Waals surface area contributed by atoms with Gasteiger partial charge in [0.15, 0.2) is 0 Å².